The Hall–Kier alpha value is -1.41. The molecule has 0 bridgehead atoms. The number of nitrogens with zero attached hydrogens (tertiary/aromatic N) is 1. The van der Waals surface area contributed by atoms with E-state index >= 15 is 0 Å². The lowest BCUT2D eigenvalue weighted by Gasteiger charge is -2.30. The van der Waals surface area contributed by atoms with Crippen LogP contribution in [0, 0.1) is 5.41 Å². The lowest BCUT2D eigenvalue weighted by Crippen LogP contribution is -2.38. The molecule has 1 heterocycles. The van der Waals surface area contributed by atoms with Crippen LogP contribution in [0.3, 0.4) is 0 Å². The fourth-order valence-electron chi connectivity index (χ4n) is 2.59. The van der Waals surface area contributed by atoms with Gasteiger partial charge in [0.2, 0.25) is 0 Å². The molecule has 1 aromatic carbocycles. The molecule has 0 aliphatic rings. The first-order chi connectivity index (χ1) is 9.00. The fraction of sp³-hybridized carbons (Fsp3) is 0.471. The minimum Gasteiger partial charge on any atom is -0.316 e. The number of hydrogen-bond donors (Lipinski definition) is 1. The van der Waals surface area contributed by atoms with Crippen LogP contribution in [0.25, 0.3) is 10.9 Å². The fourth-order valence-corrected chi connectivity index (χ4v) is 2.59. The summed E-state index contributed by atoms with van der Waals surface area (Å²) in [5.41, 5.74) is 2.76. The second kappa shape index (κ2) is 5.70. The van der Waals surface area contributed by atoms with E-state index in [4.69, 9.17) is 0 Å². The summed E-state index contributed by atoms with van der Waals surface area (Å²) in [6, 6.07) is 11.2. The number of pyridine rings is 1. The molecule has 0 fully saturated rings. The van der Waals surface area contributed by atoms with Gasteiger partial charge in [-0.2, -0.15) is 0 Å². The van der Waals surface area contributed by atoms with Crippen LogP contribution in [0.5, 0.6) is 0 Å². The molecule has 0 amide bonds. The van der Waals surface area contributed by atoms with E-state index in [-0.39, 0.29) is 0 Å². The number of hydrogen-bond acceptors (Lipinski definition) is 2. The molecule has 1 atom stereocenters. The monoisotopic (exact) mass is 256 g/mol. The van der Waals surface area contributed by atoms with Crippen molar-refractivity contribution in [3.8, 4) is 0 Å². The molecule has 2 heteroatoms. The first-order valence-corrected chi connectivity index (χ1v) is 7.01. The molecule has 0 aliphatic heterocycles. The first-order valence-electron chi connectivity index (χ1n) is 7.01. The SMILES string of the molecule is CNC(CCc1ccc2cccnc2c1)C(C)(C)C. The Bertz CT molecular complexity index is 540. The molecule has 1 N–H and O–H groups in total. The third kappa shape index (κ3) is 3.54. The van der Waals surface area contributed by atoms with Gasteiger partial charge in [0.1, 0.15) is 0 Å². The average Bonchev–Trinajstić information content (AvgIpc) is 2.37. The van der Waals surface area contributed by atoms with Gasteiger partial charge in [0.15, 0.2) is 0 Å². The zero-order chi connectivity index (χ0) is 13.9. The summed E-state index contributed by atoms with van der Waals surface area (Å²) in [4.78, 5) is 4.42. The van der Waals surface area contributed by atoms with E-state index in [0.29, 0.717) is 11.5 Å². The number of aromatic nitrogens is 1. The molecule has 2 aromatic rings. The Balaban J connectivity index is 2.09. The van der Waals surface area contributed by atoms with E-state index in [9.17, 15) is 0 Å². The van der Waals surface area contributed by atoms with Gasteiger partial charge in [-0.05, 0) is 43.0 Å². The Kier molecular flexibility index (Phi) is 4.20. The van der Waals surface area contributed by atoms with Gasteiger partial charge in [-0.1, -0.05) is 39.0 Å². The lowest BCUT2D eigenvalue weighted by molar-refractivity contribution is 0.268. The third-order valence-corrected chi connectivity index (χ3v) is 3.79. The predicted molar refractivity (Wildman–Crippen MR) is 82.4 cm³/mol. The van der Waals surface area contributed by atoms with Crippen molar-refractivity contribution >= 4 is 10.9 Å². The van der Waals surface area contributed by atoms with Crippen LogP contribution < -0.4 is 5.32 Å². The summed E-state index contributed by atoms with van der Waals surface area (Å²) in [5, 5.41) is 4.65. The summed E-state index contributed by atoms with van der Waals surface area (Å²) in [6.07, 6.45) is 4.10. The van der Waals surface area contributed by atoms with E-state index in [2.05, 4.69) is 62.4 Å². The van der Waals surface area contributed by atoms with Gasteiger partial charge >= 0.3 is 0 Å². The van der Waals surface area contributed by atoms with Crippen LogP contribution in [-0.4, -0.2) is 18.1 Å². The maximum absolute atomic E-state index is 4.42. The molecule has 0 saturated heterocycles. The Morgan fingerprint density at radius 1 is 1.21 bits per heavy atom. The van der Waals surface area contributed by atoms with Crippen molar-refractivity contribution in [2.24, 2.45) is 5.41 Å². The number of benzene rings is 1. The molecule has 1 unspecified atom stereocenters. The smallest absolute Gasteiger partial charge is 0.0704 e. The highest BCUT2D eigenvalue weighted by Crippen LogP contribution is 2.23. The Labute approximate surface area is 116 Å². The minimum atomic E-state index is 0.295. The van der Waals surface area contributed by atoms with Crippen LogP contribution in [0.1, 0.15) is 32.8 Å². The van der Waals surface area contributed by atoms with Gasteiger partial charge in [-0.3, -0.25) is 4.98 Å². The van der Waals surface area contributed by atoms with Crippen LogP contribution in [0.15, 0.2) is 36.5 Å². The van der Waals surface area contributed by atoms with Crippen molar-refractivity contribution in [3.63, 3.8) is 0 Å². The minimum absolute atomic E-state index is 0.295. The van der Waals surface area contributed by atoms with Crippen LogP contribution in [0.4, 0.5) is 0 Å². The molecule has 19 heavy (non-hydrogen) atoms. The second-order valence-electron chi connectivity index (χ2n) is 6.28. The molecule has 102 valence electrons. The van der Waals surface area contributed by atoms with Gasteiger partial charge in [-0.15, -0.1) is 0 Å². The number of fused-ring (bicyclic) bond motifs is 1. The van der Waals surface area contributed by atoms with Gasteiger partial charge in [0.05, 0.1) is 5.52 Å². The van der Waals surface area contributed by atoms with E-state index < -0.39 is 0 Å². The molecule has 2 nitrogen and oxygen atoms in total. The van der Waals surface area contributed by atoms with E-state index in [1.54, 1.807) is 0 Å². The Morgan fingerprint density at radius 2 is 2.00 bits per heavy atom. The maximum atomic E-state index is 4.42. The summed E-state index contributed by atoms with van der Waals surface area (Å²) in [5.74, 6) is 0. The average molecular weight is 256 g/mol. The highest BCUT2D eigenvalue weighted by Gasteiger charge is 2.22. The normalized spacial score (nSPS) is 13.7. The second-order valence-corrected chi connectivity index (χ2v) is 6.28. The predicted octanol–water partition coefficient (Wildman–Crippen LogP) is 3.80. The molecule has 2 rings (SSSR count). The Morgan fingerprint density at radius 3 is 2.68 bits per heavy atom. The van der Waals surface area contributed by atoms with Crippen molar-refractivity contribution in [3.05, 3.63) is 42.1 Å². The van der Waals surface area contributed by atoms with Crippen LogP contribution in [-0.2, 0) is 6.42 Å². The largest absolute Gasteiger partial charge is 0.316 e. The summed E-state index contributed by atoms with van der Waals surface area (Å²) in [6.45, 7) is 6.86. The van der Waals surface area contributed by atoms with E-state index in [0.717, 1.165) is 18.4 Å². The van der Waals surface area contributed by atoms with Gasteiger partial charge in [0.25, 0.3) is 0 Å². The maximum Gasteiger partial charge on any atom is 0.0704 e. The topological polar surface area (TPSA) is 24.9 Å². The highest BCUT2D eigenvalue weighted by molar-refractivity contribution is 5.78. The summed E-state index contributed by atoms with van der Waals surface area (Å²) in [7, 11) is 2.05. The standard InChI is InChI=1S/C17H24N2/c1-17(2,3)16(18-4)10-8-13-7-9-14-6-5-11-19-15(14)12-13/h5-7,9,11-12,16,18H,8,10H2,1-4H3. The van der Waals surface area contributed by atoms with Gasteiger partial charge in [0, 0.05) is 17.6 Å². The third-order valence-electron chi connectivity index (χ3n) is 3.79. The summed E-state index contributed by atoms with van der Waals surface area (Å²) >= 11 is 0. The molecular weight excluding hydrogens is 232 g/mol. The van der Waals surface area contributed by atoms with Crippen molar-refractivity contribution < 1.29 is 0 Å². The molecular formula is C17H24N2. The van der Waals surface area contributed by atoms with Crippen molar-refractivity contribution in [2.45, 2.75) is 39.7 Å². The van der Waals surface area contributed by atoms with E-state index in [1.165, 1.54) is 10.9 Å². The highest BCUT2D eigenvalue weighted by atomic mass is 14.9. The zero-order valence-electron chi connectivity index (χ0n) is 12.4. The quantitative estimate of drug-likeness (QED) is 0.900. The van der Waals surface area contributed by atoms with Crippen LogP contribution >= 0.6 is 0 Å². The van der Waals surface area contributed by atoms with Crippen molar-refractivity contribution in [1.82, 2.24) is 10.3 Å². The zero-order valence-corrected chi connectivity index (χ0v) is 12.4. The lowest BCUT2D eigenvalue weighted by atomic mass is 9.83. The number of rotatable bonds is 4. The van der Waals surface area contributed by atoms with Crippen molar-refractivity contribution in [2.75, 3.05) is 7.05 Å². The molecule has 0 spiro atoms. The molecule has 0 aliphatic carbocycles. The molecule has 0 radical (unpaired) electrons. The summed E-state index contributed by atoms with van der Waals surface area (Å²) < 4.78 is 0. The van der Waals surface area contributed by atoms with Crippen LogP contribution in [0.2, 0.25) is 0 Å². The van der Waals surface area contributed by atoms with Gasteiger partial charge in [-0.25, -0.2) is 0 Å². The molecule has 0 saturated carbocycles. The van der Waals surface area contributed by atoms with Gasteiger partial charge < -0.3 is 5.32 Å². The number of aryl methyl sites for hydroxylation is 1. The first kappa shape index (κ1) is 14.0. The van der Waals surface area contributed by atoms with Crippen molar-refractivity contribution in [1.29, 1.82) is 0 Å². The number of nitrogens with one attached hydrogen (secondary N) is 1. The van der Waals surface area contributed by atoms with E-state index in [1.807, 2.05) is 12.3 Å². The molecule has 1 aromatic heterocycles.